The molecule has 1 aliphatic carbocycles. The molecular weight excluding hydrogens is 296 g/mol. The van der Waals surface area contributed by atoms with E-state index >= 15 is 0 Å². The van der Waals surface area contributed by atoms with Gasteiger partial charge in [-0.25, -0.2) is 0 Å². The first-order chi connectivity index (χ1) is 10.2. The summed E-state index contributed by atoms with van der Waals surface area (Å²) in [7, 11) is 0. The topological polar surface area (TPSA) is 55.1 Å². The Bertz CT molecular complexity index is 438. The highest BCUT2D eigenvalue weighted by molar-refractivity contribution is 5.85. The van der Waals surface area contributed by atoms with Crippen molar-refractivity contribution in [3.63, 3.8) is 0 Å². The average molecular weight is 325 g/mol. The molecule has 4 heteroatoms. The Morgan fingerprint density at radius 3 is 2.64 bits per heavy atom. The van der Waals surface area contributed by atoms with Crippen molar-refractivity contribution in [2.24, 2.45) is 17.6 Å². The molecule has 0 saturated heterocycles. The molecule has 3 nitrogen and oxygen atoms in total. The first-order valence-corrected chi connectivity index (χ1v) is 8.24. The molecule has 0 bridgehead atoms. The molecule has 0 aromatic heterocycles. The smallest absolute Gasteiger partial charge is 0.237 e. The Hall–Kier alpha value is -1.06. The van der Waals surface area contributed by atoms with Crippen molar-refractivity contribution < 1.29 is 4.79 Å². The van der Waals surface area contributed by atoms with Crippen LogP contribution in [0.15, 0.2) is 30.3 Å². The molecule has 124 valence electrons. The normalized spacial score (nSPS) is 22.5. The van der Waals surface area contributed by atoms with E-state index in [2.05, 4.69) is 12.2 Å². The third kappa shape index (κ3) is 5.98. The average Bonchev–Trinajstić information content (AvgIpc) is 2.50. The molecule has 0 spiro atoms. The lowest BCUT2D eigenvalue weighted by molar-refractivity contribution is -0.122. The number of hydrogen-bond acceptors (Lipinski definition) is 2. The van der Waals surface area contributed by atoms with E-state index in [4.69, 9.17) is 5.73 Å². The minimum Gasteiger partial charge on any atom is -0.355 e. The van der Waals surface area contributed by atoms with E-state index in [-0.39, 0.29) is 18.3 Å². The number of nitrogens with one attached hydrogen (secondary N) is 1. The van der Waals surface area contributed by atoms with Crippen molar-refractivity contribution in [1.29, 1.82) is 0 Å². The fourth-order valence-electron chi connectivity index (χ4n) is 3.29. The van der Waals surface area contributed by atoms with Crippen molar-refractivity contribution in [3.05, 3.63) is 35.9 Å². The number of hydrogen-bond donors (Lipinski definition) is 2. The molecule has 2 unspecified atom stereocenters. The van der Waals surface area contributed by atoms with Crippen molar-refractivity contribution in [2.75, 3.05) is 6.54 Å². The van der Waals surface area contributed by atoms with Gasteiger partial charge in [0.15, 0.2) is 0 Å². The highest BCUT2D eigenvalue weighted by Gasteiger charge is 2.21. The van der Waals surface area contributed by atoms with Gasteiger partial charge < -0.3 is 11.1 Å². The molecule has 1 fully saturated rings. The van der Waals surface area contributed by atoms with Crippen molar-refractivity contribution >= 4 is 18.3 Å². The highest BCUT2D eigenvalue weighted by Crippen LogP contribution is 2.31. The largest absolute Gasteiger partial charge is 0.355 e. The summed E-state index contributed by atoms with van der Waals surface area (Å²) >= 11 is 0. The summed E-state index contributed by atoms with van der Waals surface area (Å²) in [5.74, 6) is 1.54. The fraction of sp³-hybridized carbons (Fsp3) is 0.611. The predicted octanol–water partition coefficient (Wildman–Crippen LogP) is 3.31. The number of halogens is 1. The van der Waals surface area contributed by atoms with E-state index in [1.165, 1.54) is 25.7 Å². The summed E-state index contributed by atoms with van der Waals surface area (Å²) in [4.78, 5) is 12.0. The first-order valence-electron chi connectivity index (χ1n) is 8.24. The molecule has 2 rings (SSSR count). The summed E-state index contributed by atoms with van der Waals surface area (Å²) < 4.78 is 0. The van der Waals surface area contributed by atoms with E-state index in [1.54, 1.807) is 0 Å². The Kier molecular flexibility index (Phi) is 8.51. The van der Waals surface area contributed by atoms with Gasteiger partial charge in [0, 0.05) is 6.54 Å². The van der Waals surface area contributed by atoms with Crippen LogP contribution in [0.25, 0.3) is 0 Å². The fourth-order valence-corrected chi connectivity index (χ4v) is 3.29. The minimum atomic E-state index is -0.448. The van der Waals surface area contributed by atoms with Crippen LogP contribution in [0.2, 0.25) is 0 Å². The number of nitrogens with two attached hydrogens (primary N) is 1. The zero-order chi connectivity index (χ0) is 15.1. The van der Waals surface area contributed by atoms with Crippen molar-refractivity contribution in [2.45, 2.75) is 51.5 Å². The second kappa shape index (κ2) is 9.86. The van der Waals surface area contributed by atoms with E-state index in [9.17, 15) is 4.79 Å². The van der Waals surface area contributed by atoms with Crippen molar-refractivity contribution in [3.8, 4) is 0 Å². The number of rotatable bonds is 6. The Labute approximate surface area is 140 Å². The summed E-state index contributed by atoms with van der Waals surface area (Å²) in [6, 6.07) is 9.50. The van der Waals surface area contributed by atoms with E-state index in [0.29, 0.717) is 6.42 Å². The Morgan fingerprint density at radius 1 is 1.27 bits per heavy atom. The second-order valence-electron chi connectivity index (χ2n) is 6.40. The van der Waals surface area contributed by atoms with E-state index < -0.39 is 6.04 Å². The van der Waals surface area contributed by atoms with Crippen LogP contribution < -0.4 is 11.1 Å². The molecule has 1 aromatic rings. The molecule has 1 saturated carbocycles. The van der Waals surface area contributed by atoms with Gasteiger partial charge in [-0.05, 0) is 30.2 Å². The molecule has 1 amide bonds. The quantitative estimate of drug-likeness (QED) is 0.843. The van der Waals surface area contributed by atoms with Crippen LogP contribution in [-0.4, -0.2) is 18.5 Å². The first kappa shape index (κ1) is 19.0. The van der Waals surface area contributed by atoms with Gasteiger partial charge in [-0.1, -0.05) is 62.9 Å². The van der Waals surface area contributed by atoms with Gasteiger partial charge in [-0.3, -0.25) is 4.79 Å². The maximum absolute atomic E-state index is 12.0. The zero-order valence-electron chi connectivity index (χ0n) is 13.5. The number of benzene rings is 1. The van der Waals surface area contributed by atoms with Crippen molar-refractivity contribution in [1.82, 2.24) is 5.32 Å². The minimum absolute atomic E-state index is 0. The molecule has 0 aliphatic heterocycles. The summed E-state index contributed by atoms with van der Waals surface area (Å²) in [5, 5.41) is 3.01. The zero-order valence-corrected chi connectivity index (χ0v) is 14.3. The van der Waals surface area contributed by atoms with Crippen LogP contribution in [0.1, 0.15) is 44.6 Å². The summed E-state index contributed by atoms with van der Waals surface area (Å²) in [5.41, 5.74) is 7.10. The molecule has 22 heavy (non-hydrogen) atoms. The van der Waals surface area contributed by atoms with Crippen LogP contribution >= 0.6 is 12.4 Å². The Morgan fingerprint density at radius 2 is 1.95 bits per heavy atom. The third-order valence-corrected chi connectivity index (χ3v) is 4.74. The van der Waals surface area contributed by atoms with Gasteiger partial charge >= 0.3 is 0 Å². The summed E-state index contributed by atoms with van der Waals surface area (Å²) in [6.07, 6.45) is 7.05. The molecule has 1 aromatic carbocycles. The van der Waals surface area contributed by atoms with Crippen LogP contribution in [0, 0.1) is 11.8 Å². The third-order valence-electron chi connectivity index (χ3n) is 4.74. The summed E-state index contributed by atoms with van der Waals surface area (Å²) in [6.45, 7) is 3.10. The standard InChI is InChI=1S/C18H28N2O.ClH/c1-14-7-5-6-10-16(14)11-12-20-18(21)17(19)13-15-8-3-2-4-9-15;/h2-4,8-9,14,16-17H,5-7,10-13,19H2,1H3,(H,20,21);1H/t14?,16?,17-;/m0./s1. The molecule has 0 heterocycles. The van der Waals surface area contributed by atoms with Gasteiger partial charge in [0.05, 0.1) is 6.04 Å². The highest BCUT2D eigenvalue weighted by atomic mass is 35.5. The predicted molar refractivity (Wildman–Crippen MR) is 94.1 cm³/mol. The monoisotopic (exact) mass is 324 g/mol. The van der Waals surface area contributed by atoms with Crippen LogP contribution in [0.5, 0.6) is 0 Å². The lowest BCUT2D eigenvalue weighted by Crippen LogP contribution is -2.42. The van der Waals surface area contributed by atoms with E-state index in [0.717, 1.165) is 30.4 Å². The molecule has 3 atom stereocenters. The van der Waals surface area contributed by atoms with Crippen LogP contribution in [0.4, 0.5) is 0 Å². The van der Waals surface area contributed by atoms with Gasteiger partial charge in [0.25, 0.3) is 0 Å². The number of carbonyl (C=O) groups excluding carboxylic acids is 1. The number of carbonyl (C=O) groups is 1. The maximum atomic E-state index is 12.0. The number of amides is 1. The van der Waals surface area contributed by atoms with Gasteiger partial charge in [-0.15, -0.1) is 12.4 Å². The van der Waals surface area contributed by atoms with Crippen LogP contribution in [-0.2, 0) is 11.2 Å². The van der Waals surface area contributed by atoms with E-state index in [1.807, 2.05) is 30.3 Å². The second-order valence-corrected chi connectivity index (χ2v) is 6.40. The maximum Gasteiger partial charge on any atom is 0.237 e. The lowest BCUT2D eigenvalue weighted by Gasteiger charge is -2.28. The Balaban J connectivity index is 0.00000242. The lowest BCUT2D eigenvalue weighted by atomic mass is 9.79. The van der Waals surface area contributed by atoms with Gasteiger partial charge in [0.2, 0.25) is 5.91 Å². The van der Waals surface area contributed by atoms with Gasteiger partial charge in [-0.2, -0.15) is 0 Å². The molecule has 3 N–H and O–H groups in total. The van der Waals surface area contributed by atoms with Gasteiger partial charge in [0.1, 0.15) is 0 Å². The molecular formula is C18H29ClN2O. The van der Waals surface area contributed by atoms with Crippen LogP contribution in [0.3, 0.4) is 0 Å². The molecule has 1 aliphatic rings. The SMILES string of the molecule is CC1CCCCC1CCNC(=O)[C@@H](N)Cc1ccccc1.Cl. The molecule has 0 radical (unpaired) electrons.